The van der Waals surface area contributed by atoms with E-state index >= 15 is 0 Å². The second-order valence-electron chi connectivity index (χ2n) is 2.57. The lowest BCUT2D eigenvalue weighted by Crippen LogP contribution is -2.06. The van der Waals surface area contributed by atoms with Gasteiger partial charge in [-0.3, -0.25) is 4.79 Å². The zero-order valence-electron chi connectivity index (χ0n) is 5.75. The Hall–Kier alpha value is -0.920. The lowest BCUT2D eigenvalue weighted by atomic mass is 9.91. The largest absolute Gasteiger partial charge is 0.303 e. The van der Waals surface area contributed by atoms with Gasteiger partial charge in [-0.1, -0.05) is 6.08 Å². The fraction of sp³-hybridized carbons (Fsp3) is 0.500. The predicted octanol–water partition coefficient (Wildman–Crippen LogP) is 1.11. The van der Waals surface area contributed by atoms with Gasteiger partial charge in [-0.2, -0.15) is 0 Å². The number of aldehydes is 2. The second-order valence-corrected chi connectivity index (χ2v) is 2.57. The second kappa shape index (κ2) is 3.30. The standard InChI is InChI=1S/C8H10O2/c9-5-7-1-2-8(6-10)4-3-7/h1,5-6,8H,2-4H2/t8-/m0/s1. The molecule has 0 aliphatic heterocycles. The highest BCUT2D eigenvalue weighted by atomic mass is 16.1. The first kappa shape index (κ1) is 7.19. The molecular weight excluding hydrogens is 128 g/mol. The molecule has 2 heteroatoms. The van der Waals surface area contributed by atoms with E-state index < -0.39 is 0 Å². The Morgan fingerprint density at radius 3 is 2.70 bits per heavy atom. The molecule has 10 heavy (non-hydrogen) atoms. The fourth-order valence-corrected chi connectivity index (χ4v) is 1.11. The van der Waals surface area contributed by atoms with Crippen LogP contribution in [-0.4, -0.2) is 12.6 Å². The molecule has 1 aliphatic rings. The Bertz CT molecular complexity index is 170. The molecule has 1 aliphatic carbocycles. The van der Waals surface area contributed by atoms with Gasteiger partial charge in [-0.25, -0.2) is 0 Å². The minimum atomic E-state index is 0.156. The molecule has 0 radical (unpaired) electrons. The van der Waals surface area contributed by atoms with Crippen LogP contribution < -0.4 is 0 Å². The molecule has 54 valence electrons. The average molecular weight is 138 g/mol. The maximum atomic E-state index is 10.2. The number of rotatable bonds is 2. The summed E-state index contributed by atoms with van der Waals surface area (Å²) >= 11 is 0. The van der Waals surface area contributed by atoms with Gasteiger partial charge in [0, 0.05) is 5.92 Å². The maximum Gasteiger partial charge on any atom is 0.145 e. The number of carbonyl (C=O) groups is 2. The first-order chi connectivity index (χ1) is 4.86. The molecule has 0 heterocycles. The van der Waals surface area contributed by atoms with Crippen molar-refractivity contribution in [1.82, 2.24) is 0 Å². The molecule has 0 aromatic heterocycles. The van der Waals surface area contributed by atoms with Crippen LogP contribution in [0.3, 0.4) is 0 Å². The van der Waals surface area contributed by atoms with E-state index in [2.05, 4.69) is 0 Å². The maximum absolute atomic E-state index is 10.2. The van der Waals surface area contributed by atoms with Crippen molar-refractivity contribution in [1.29, 1.82) is 0 Å². The van der Waals surface area contributed by atoms with Gasteiger partial charge in [-0.05, 0) is 24.8 Å². The minimum Gasteiger partial charge on any atom is -0.303 e. The van der Waals surface area contributed by atoms with E-state index in [1.165, 1.54) is 0 Å². The van der Waals surface area contributed by atoms with Crippen molar-refractivity contribution in [3.63, 3.8) is 0 Å². The first-order valence-electron chi connectivity index (χ1n) is 3.46. The summed E-state index contributed by atoms with van der Waals surface area (Å²) < 4.78 is 0. The first-order valence-corrected chi connectivity index (χ1v) is 3.46. The summed E-state index contributed by atoms with van der Waals surface area (Å²) in [5.41, 5.74) is 0.845. The molecule has 1 rings (SSSR count). The van der Waals surface area contributed by atoms with Crippen molar-refractivity contribution < 1.29 is 9.59 Å². The van der Waals surface area contributed by atoms with Gasteiger partial charge >= 0.3 is 0 Å². The van der Waals surface area contributed by atoms with Gasteiger partial charge in [-0.15, -0.1) is 0 Å². The van der Waals surface area contributed by atoms with Gasteiger partial charge in [0.2, 0.25) is 0 Å². The SMILES string of the molecule is O=CC1=CC[C@H](C=O)CC1. The molecule has 0 aromatic rings. The molecule has 1 atom stereocenters. The summed E-state index contributed by atoms with van der Waals surface area (Å²) in [6.07, 6.45) is 6.06. The molecule has 0 spiro atoms. The van der Waals surface area contributed by atoms with Crippen LogP contribution in [0.2, 0.25) is 0 Å². The van der Waals surface area contributed by atoms with Crippen LogP contribution in [0, 0.1) is 5.92 Å². The van der Waals surface area contributed by atoms with Crippen LogP contribution in [0.25, 0.3) is 0 Å². The van der Waals surface area contributed by atoms with E-state index in [0.717, 1.165) is 37.4 Å². The van der Waals surface area contributed by atoms with Crippen LogP contribution in [-0.2, 0) is 9.59 Å². The lowest BCUT2D eigenvalue weighted by molar-refractivity contribution is -0.111. The number of allylic oxidation sites excluding steroid dienone is 2. The molecule has 0 bridgehead atoms. The highest BCUT2D eigenvalue weighted by Crippen LogP contribution is 2.19. The summed E-state index contributed by atoms with van der Waals surface area (Å²) in [5.74, 6) is 0.156. The highest BCUT2D eigenvalue weighted by molar-refractivity contribution is 5.73. The summed E-state index contributed by atoms with van der Waals surface area (Å²) in [5, 5.41) is 0. The molecule has 0 saturated heterocycles. The van der Waals surface area contributed by atoms with Crippen molar-refractivity contribution in [3.05, 3.63) is 11.6 Å². The normalized spacial score (nSPS) is 25.2. The van der Waals surface area contributed by atoms with E-state index in [0.29, 0.717) is 0 Å². The van der Waals surface area contributed by atoms with Crippen LogP contribution in [0.1, 0.15) is 19.3 Å². The quantitative estimate of drug-likeness (QED) is 0.535. The monoisotopic (exact) mass is 138 g/mol. The minimum absolute atomic E-state index is 0.156. The highest BCUT2D eigenvalue weighted by Gasteiger charge is 2.11. The van der Waals surface area contributed by atoms with Crippen molar-refractivity contribution in [3.8, 4) is 0 Å². The number of hydrogen-bond acceptors (Lipinski definition) is 2. The molecule has 0 amide bonds. The van der Waals surface area contributed by atoms with Crippen LogP contribution in [0.5, 0.6) is 0 Å². The van der Waals surface area contributed by atoms with Crippen molar-refractivity contribution in [2.75, 3.05) is 0 Å². The average Bonchev–Trinajstić information content (AvgIpc) is 2.05. The summed E-state index contributed by atoms with van der Waals surface area (Å²) in [6, 6.07) is 0. The van der Waals surface area contributed by atoms with Crippen LogP contribution in [0.15, 0.2) is 11.6 Å². The third-order valence-electron chi connectivity index (χ3n) is 1.83. The Morgan fingerprint density at radius 2 is 2.30 bits per heavy atom. The zero-order chi connectivity index (χ0) is 7.40. The van der Waals surface area contributed by atoms with Crippen LogP contribution in [0.4, 0.5) is 0 Å². The predicted molar refractivity (Wildman–Crippen MR) is 37.6 cm³/mol. The molecular formula is C8H10O2. The van der Waals surface area contributed by atoms with E-state index in [-0.39, 0.29) is 5.92 Å². The van der Waals surface area contributed by atoms with E-state index in [1.54, 1.807) is 0 Å². The Balaban J connectivity index is 2.51. The molecule has 0 N–H and O–H groups in total. The topological polar surface area (TPSA) is 34.1 Å². The molecule has 0 aromatic carbocycles. The van der Waals surface area contributed by atoms with Gasteiger partial charge in [0.05, 0.1) is 0 Å². The van der Waals surface area contributed by atoms with Gasteiger partial charge < -0.3 is 4.79 Å². The van der Waals surface area contributed by atoms with Crippen molar-refractivity contribution in [2.45, 2.75) is 19.3 Å². The summed E-state index contributed by atoms with van der Waals surface area (Å²) in [4.78, 5) is 20.4. The smallest absolute Gasteiger partial charge is 0.145 e. The number of carbonyl (C=O) groups excluding carboxylic acids is 2. The van der Waals surface area contributed by atoms with Gasteiger partial charge in [0.1, 0.15) is 12.6 Å². The molecule has 0 fully saturated rings. The lowest BCUT2D eigenvalue weighted by Gasteiger charge is -2.12. The third-order valence-corrected chi connectivity index (χ3v) is 1.83. The van der Waals surface area contributed by atoms with Gasteiger partial charge in [0.15, 0.2) is 0 Å². The zero-order valence-corrected chi connectivity index (χ0v) is 5.75. The Kier molecular flexibility index (Phi) is 2.37. The Labute approximate surface area is 59.9 Å². The van der Waals surface area contributed by atoms with E-state index in [4.69, 9.17) is 0 Å². The summed E-state index contributed by atoms with van der Waals surface area (Å²) in [6.45, 7) is 0. The van der Waals surface area contributed by atoms with E-state index in [1.807, 2.05) is 6.08 Å². The van der Waals surface area contributed by atoms with E-state index in [9.17, 15) is 9.59 Å². The molecule has 0 saturated carbocycles. The van der Waals surface area contributed by atoms with Crippen LogP contribution >= 0.6 is 0 Å². The number of hydrogen-bond donors (Lipinski definition) is 0. The summed E-state index contributed by atoms with van der Waals surface area (Å²) in [7, 11) is 0. The molecule has 0 unspecified atom stereocenters. The Morgan fingerprint density at radius 1 is 1.50 bits per heavy atom. The van der Waals surface area contributed by atoms with Crippen molar-refractivity contribution >= 4 is 12.6 Å². The fourth-order valence-electron chi connectivity index (χ4n) is 1.11. The van der Waals surface area contributed by atoms with Crippen molar-refractivity contribution in [2.24, 2.45) is 5.92 Å². The third kappa shape index (κ3) is 1.53. The van der Waals surface area contributed by atoms with Gasteiger partial charge in [0.25, 0.3) is 0 Å². The molecule has 2 nitrogen and oxygen atoms in total.